The van der Waals surface area contributed by atoms with Gasteiger partial charge in [0.05, 0.1) is 11.4 Å². The van der Waals surface area contributed by atoms with Crippen LogP contribution in [-0.2, 0) is 0 Å². The van der Waals surface area contributed by atoms with Gasteiger partial charge in [-0.2, -0.15) is 0 Å². The lowest BCUT2D eigenvalue weighted by molar-refractivity contribution is 0.0840. The Morgan fingerprint density at radius 3 is 2.45 bits per heavy atom. The second-order valence-electron chi connectivity index (χ2n) is 8.67. The molecule has 5 rings (SSSR count). The summed E-state index contributed by atoms with van der Waals surface area (Å²) in [6.07, 6.45) is 2.75. The summed E-state index contributed by atoms with van der Waals surface area (Å²) in [5.74, 6) is -0.126. The molecule has 170 valence electrons. The van der Waals surface area contributed by atoms with Crippen LogP contribution in [0.4, 0.5) is 15.8 Å². The van der Waals surface area contributed by atoms with Crippen LogP contribution in [0.25, 0.3) is 0 Å². The Hall–Kier alpha value is -2.34. The topological polar surface area (TPSA) is 23.6 Å². The van der Waals surface area contributed by atoms with E-state index in [9.17, 15) is 9.18 Å². The Labute approximate surface area is 203 Å². The number of likely N-dealkylation sites (tertiary alicyclic amines) is 1. The second kappa shape index (κ2) is 9.88. The van der Waals surface area contributed by atoms with Crippen molar-refractivity contribution in [3.8, 4) is 0 Å². The molecule has 3 nitrogen and oxygen atoms in total. The van der Waals surface area contributed by atoms with Crippen LogP contribution in [-0.4, -0.2) is 36.9 Å². The standard InChI is InChI=1S/C27H26ClFN2OS/c28-21-8-11-26-24(18-21)31(23-4-1-2-5-25(23)33-26)15-3-14-30-16-12-20(13-17-30)27(32)19-6-9-22(29)10-7-19/h1-2,4-11,18,20H,3,12-17H2. The van der Waals surface area contributed by atoms with Crippen molar-refractivity contribution >= 4 is 40.5 Å². The van der Waals surface area contributed by atoms with E-state index in [0.29, 0.717) is 5.56 Å². The van der Waals surface area contributed by atoms with Crippen molar-refractivity contribution in [3.05, 3.63) is 83.1 Å². The van der Waals surface area contributed by atoms with E-state index in [-0.39, 0.29) is 17.5 Å². The minimum absolute atomic E-state index is 0.0340. The highest BCUT2D eigenvalue weighted by molar-refractivity contribution is 7.99. The van der Waals surface area contributed by atoms with Crippen molar-refractivity contribution in [2.45, 2.75) is 29.1 Å². The van der Waals surface area contributed by atoms with Crippen LogP contribution >= 0.6 is 23.4 Å². The minimum atomic E-state index is -0.304. The fraction of sp³-hybridized carbons (Fsp3) is 0.296. The molecule has 0 bridgehead atoms. The van der Waals surface area contributed by atoms with E-state index in [1.54, 1.807) is 23.9 Å². The Morgan fingerprint density at radius 2 is 1.67 bits per heavy atom. The van der Waals surface area contributed by atoms with Gasteiger partial charge in [0.2, 0.25) is 0 Å². The third-order valence-electron chi connectivity index (χ3n) is 6.53. The zero-order valence-electron chi connectivity index (χ0n) is 18.3. The van der Waals surface area contributed by atoms with Gasteiger partial charge in [-0.25, -0.2) is 4.39 Å². The van der Waals surface area contributed by atoms with Crippen LogP contribution in [0.1, 0.15) is 29.6 Å². The van der Waals surface area contributed by atoms with E-state index in [2.05, 4.69) is 46.2 Å². The number of carbonyl (C=O) groups is 1. The van der Waals surface area contributed by atoms with Crippen LogP contribution in [0.15, 0.2) is 76.5 Å². The third-order valence-corrected chi connectivity index (χ3v) is 7.90. The molecule has 0 N–H and O–H groups in total. The maximum absolute atomic E-state index is 13.2. The lowest BCUT2D eigenvalue weighted by Gasteiger charge is -2.35. The zero-order valence-corrected chi connectivity index (χ0v) is 19.9. The molecular formula is C27H26ClFN2OS. The number of rotatable bonds is 6. The molecule has 0 atom stereocenters. The van der Waals surface area contributed by atoms with Gasteiger partial charge in [0.25, 0.3) is 0 Å². The summed E-state index contributed by atoms with van der Waals surface area (Å²) < 4.78 is 13.2. The number of Topliss-reactive ketones (excluding diaryl/α,β-unsaturated/α-hetero) is 1. The Kier molecular flexibility index (Phi) is 6.72. The first-order valence-corrected chi connectivity index (χ1v) is 12.6. The highest BCUT2D eigenvalue weighted by atomic mass is 35.5. The van der Waals surface area contributed by atoms with Gasteiger partial charge in [-0.05, 0) is 93.5 Å². The number of fused-ring (bicyclic) bond motifs is 2. The molecule has 0 saturated carbocycles. The quantitative estimate of drug-likeness (QED) is 0.352. The number of para-hydroxylation sites is 1. The number of ketones is 1. The first kappa shape index (κ1) is 22.5. The molecule has 0 spiro atoms. The lowest BCUT2D eigenvalue weighted by Crippen LogP contribution is -2.38. The normalized spacial score (nSPS) is 16.4. The van der Waals surface area contributed by atoms with Crippen LogP contribution in [0.2, 0.25) is 5.02 Å². The molecule has 0 radical (unpaired) electrons. The minimum Gasteiger partial charge on any atom is -0.340 e. The molecule has 0 unspecified atom stereocenters. The van der Waals surface area contributed by atoms with Crippen molar-refractivity contribution in [1.82, 2.24) is 4.90 Å². The highest BCUT2D eigenvalue weighted by Gasteiger charge is 2.27. The first-order chi connectivity index (χ1) is 16.1. The number of piperidine rings is 1. The van der Waals surface area contributed by atoms with Gasteiger partial charge in [0, 0.05) is 32.8 Å². The van der Waals surface area contributed by atoms with Gasteiger partial charge in [-0.3, -0.25) is 4.79 Å². The van der Waals surface area contributed by atoms with Gasteiger partial charge in [0.15, 0.2) is 5.78 Å². The summed E-state index contributed by atoms with van der Waals surface area (Å²) in [5, 5.41) is 0.756. The van der Waals surface area contributed by atoms with E-state index in [1.165, 1.54) is 33.3 Å². The number of benzene rings is 3. The molecule has 2 heterocycles. The highest BCUT2D eigenvalue weighted by Crippen LogP contribution is 2.48. The number of nitrogens with zero attached hydrogens (tertiary/aromatic N) is 2. The molecule has 2 aliphatic rings. The Morgan fingerprint density at radius 1 is 0.939 bits per heavy atom. The monoisotopic (exact) mass is 480 g/mol. The summed E-state index contributed by atoms with van der Waals surface area (Å²) >= 11 is 8.12. The lowest BCUT2D eigenvalue weighted by atomic mass is 9.89. The van der Waals surface area contributed by atoms with E-state index in [0.717, 1.165) is 50.5 Å². The molecule has 0 amide bonds. The van der Waals surface area contributed by atoms with E-state index < -0.39 is 0 Å². The molecule has 3 aromatic carbocycles. The smallest absolute Gasteiger partial charge is 0.166 e. The van der Waals surface area contributed by atoms with Crippen LogP contribution < -0.4 is 4.90 Å². The third kappa shape index (κ3) is 4.96. The molecule has 1 saturated heterocycles. The van der Waals surface area contributed by atoms with Crippen LogP contribution in [0, 0.1) is 11.7 Å². The second-order valence-corrected chi connectivity index (χ2v) is 10.2. The van der Waals surface area contributed by atoms with Crippen LogP contribution in [0.3, 0.4) is 0 Å². The number of carbonyl (C=O) groups excluding carboxylic acids is 1. The number of anilines is 2. The first-order valence-electron chi connectivity index (χ1n) is 11.4. The van der Waals surface area contributed by atoms with Gasteiger partial charge in [0.1, 0.15) is 5.82 Å². The summed E-state index contributed by atoms with van der Waals surface area (Å²) in [7, 11) is 0. The molecule has 2 aliphatic heterocycles. The SMILES string of the molecule is O=C(c1ccc(F)cc1)C1CCN(CCCN2c3ccccc3Sc3ccc(Cl)cc32)CC1. The summed E-state index contributed by atoms with van der Waals surface area (Å²) in [6, 6.07) is 20.6. The Balaban J connectivity index is 1.18. The molecule has 3 aromatic rings. The van der Waals surface area contributed by atoms with E-state index in [4.69, 9.17) is 11.6 Å². The summed E-state index contributed by atoms with van der Waals surface area (Å²) in [4.78, 5) is 20.1. The maximum atomic E-state index is 13.2. The molecule has 0 aromatic heterocycles. The van der Waals surface area contributed by atoms with Crippen molar-refractivity contribution in [2.75, 3.05) is 31.1 Å². The number of halogens is 2. The molecule has 6 heteroatoms. The molecule has 0 aliphatic carbocycles. The van der Waals surface area contributed by atoms with Gasteiger partial charge in [-0.15, -0.1) is 0 Å². The van der Waals surface area contributed by atoms with Gasteiger partial charge < -0.3 is 9.80 Å². The number of hydrogen-bond donors (Lipinski definition) is 0. The van der Waals surface area contributed by atoms with E-state index in [1.807, 2.05) is 6.07 Å². The predicted molar refractivity (Wildman–Crippen MR) is 134 cm³/mol. The van der Waals surface area contributed by atoms with Crippen molar-refractivity contribution in [1.29, 1.82) is 0 Å². The van der Waals surface area contributed by atoms with Crippen LogP contribution in [0.5, 0.6) is 0 Å². The Bertz CT molecular complexity index is 1150. The number of hydrogen-bond acceptors (Lipinski definition) is 4. The summed E-state index contributed by atoms with van der Waals surface area (Å²) in [6.45, 7) is 3.76. The fourth-order valence-corrected chi connectivity index (χ4v) is 6.01. The largest absolute Gasteiger partial charge is 0.340 e. The summed E-state index contributed by atoms with van der Waals surface area (Å²) in [5.41, 5.74) is 3.03. The molecule has 33 heavy (non-hydrogen) atoms. The zero-order chi connectivity index (χ0) is 22.8. The predicted octanol–water partition coefficient (Wildman–Crippen LogP) is 7.07. The molecule has 1 fully saturated rings. The van der Waals surface area contributed by atoms with Gasteiger partial charge in [-0.1, -0.05) is 35.5 Å². The van der Waals surface area contributed by atoms with Gasteiger partial charge >= 0.3 is 0 Å². The average molecular weight is 481 g/mol. The van der Waals surface area contributed by atoms with Crippen molar-refractivity contribution in [3.63, 3.8) is 0 Å². The molecular weight excluding hydrogens is 455 g/mol. The fourth-order valence-electron chi connectivity index (χ4n) is 4.76. The van der Waals surface area contributed by atoms with E-state index >= 15 is 0 Å². The average Bonchev–Trinajstić information content (AvgIpc) is 2.84. The maximum Gasteiger partial charge on any atom is 0.166 e. The van der Waals surface area contributed by atoms with Crippen molar-refractivity contribution < 1.29 is 9.18 Å². The van der Waals surface area contributed by atoms with Crippen molar-refractivity contribution in [2.24, 2.45) is 5.92 Å².